The van der Waals surface area contributed by atoms with Gasteiger partial charge >= 0.3 is 0 Å². The molecule has 3 nitrogen and oxygen atoms in total. The van der Waals surface area contributed by atoms with E-state index in [4.69, 9.17) is 0 Å². The second-order valence-corrected chi connectivity index (χ2v) is 5.77. The van der Waals surface area contributed by atoms with E-state index in [1.54, 1.807) is 12.1 Å². The predicted octanol–water partition coefficient (Wildman–Crippen LogP) is 3.86. The van der Waals surface area contributed by atoms with Gasteiger partial charge in [0.1, 0.15) is 9.88 Å². The zero-order valence-electron chi connectivity index (χ0n) is 10.9. The Kier molecular flexibility index (Phi) is 2.59. The summed E-state index contributed by atoms with van der Waals surface area (Å²) in [7, 11) is 0. The third kappa shape index (κ3) is 1.76. The molecule has 0 aliphatic heterocycles. The number of fused-ring (bicyclic) bond motifs is 3. The van der Waals surface area contributed by atoms with E-state index in [1.165, 1.54) is 11.3 Å². The van der Waals surface area contributed by atoms with Crippen molar-refractivity contribution in [1.29, 1.82) is 0 Å². The van der Waals surface area contributed by atoms with Gasteiger partial charge in [0.25, 0.3) is 0 Å². The lowest BCUT2D eigenvalue weighted by Crippen LogP contribution is -2.19. The number of nitrogens with zero attached hydrogens (tertiary/aromatic N) is 1. The van der Waals surface area contributed by atoms with Gasteiger partial charge in [-0.15, -0.1) is 11.3 Å². The Morgan fingerprint density at radius 3 is 2.19 bits per heavy atom. The van der Waals surface area contributed by atoms with E-state index in [0.29, 0.717) is 16.1 Å². The number of hydrogen-bond acceptors (Lipinski definition) is 4. The van der Waals surface area contributed by atoms with E-state index in [0.717, 1.165) is 16.1 Å². The third-order valence-corrected chi connectivity index (χ3v) is 4.59. The van der Waals surface area contributed by atoms with E-state index < -0.39 is 11.6 Å². The molecule has 21 heavy (non-hydrogen) atoms. The van der Waals surface area contributed by atoms with E-state index in [-0.39, 0.29) is 0 Å². The Balaban J connectivity index is 1.97. The number of rotatable bonds is 1. The lowest BCUT2D eigenvalue weighted by molar-refractivity contribution is 0.0817. The van der Waals surface area contributed by atoms with Gasteiger partial charge in [-0.25, -0.2) is 4.98 Å². The SMILES string of the molecule is O=C1C(=O)c2sc(-c3ccccc3)nc2-c2ccccc21. The first-order valence-electron chi connectivity index (χ1n) is 6.50. The highest BCUT2D eigenvalue weighted by molar-refractivity contribution is 7.18. The monoisotopic (exact) mass is 291 g/mol. The van der Waals surface area contributed by atoms with Crippen molar-refractivity contribution >= 4 is 22.9 Å². The number of thiazole rings is 1. The molecule has 4 rings (SSSR count). The van der Waals surface area contributed by atoms with Crippen molar-refractivity contribution in [2.75, 3.05) is 0 Å². The fourth-order valence-electron chi connectivity index (χ4n) is 2.47. The highest BCUT2D eigenvalue weighted by Crippen LogP contribution is 2.39. The minimum Gasteiger partial charge on any atom is -0.285 e. The summed E-state index contributed by atoms with van der Waals surface area (Å²) in [6, 6.07) is 16.8. The van der Waals surface area contributed by atoms with Crippen LogP contribution in [0.2, 0.25) is 0 Å². The van der Waals surface area contributed by atoms with Crippen LogP contribution in [0.5, 0.6) is 0 Å². The molecule has 0 radical (unpaired) electrons. The molecule has 0 N–H and O–H groups in total. The summed E-state index contributed by atoms with van der Waals surface area (Å²) in [5.41, 5.74) is 2.77. The van der Waals surface area contributed by atoms with Crippen molar-refractivity contribution in [2.24, 2.45) is 0 Å². The fourth-order valence-corrected chi connectivity index (χ4v) is 3.50. The maximum atomic E-state index is 12.2. The molecule has 0 fully saturated rings. The van der Waals surface area contributed by atoms with Gasteiger partial charge in [0.05, 0.1) is 5.69 Å². The number of carbonyl (C=O) groups excluding carboxylic acids is 2. The number of hydrogen-bond donors (Lipinski definition) is 0. The van der Waals surface area contributed by atoms with Crippen LogP contribution in [0.25, 0.3) is 21.8 Å². The second kappa shape index (κ2) is 4.46. The molecule has 1 aliphatic rings. The zero-order chi connectivity index (χ0) is 14.4. The quantitative estimate of drug-likeness (QED) is 0.640. The highest BCUT2D eigenvalue weighted by Gasteiger charge is 2.33. The average molecular weight is 291 g/mol. The molecule has 100 valence electrons. The smallest absolute Gasteiger partial charge is 0.245 e. The van der Waals surface area contributed by atoms with Crippen molar-refractivity contribution in [3.05, 3.63) is 65.0 Å². The first-order valence-corrected chi connectivity index (χ1v) is 7.32. The average Bonchev–Trinajstić information content (AvgIpc) is 2.99. The molecule has 1 aliphatic carbocycles. The molecule has 0 saturated heterocycles. The number of benzene rings is 2. The molecule has 4 heteroatoms. The van der Waals surface area contributed by atoms with Crippen LogP contribution in [0.15, 0.2) is 54.6 Å². The van der Waals surface area contributed by atoms with Crippen molar-refractivity contribution in [3.8, 4) is 21.8 Å². The summed E-state index contributed by atoms with van der Waals surface area (Å²) in [5, 5.41) is 0.762. The molecular formula is C17H9NO2S. The molecule has 2 aromatic carbocycles. The number of carbonyl (C=O) groups is 2. The van der Waals surface area contributed by atoms with Crippen LogP contribution in [0.1, 0.15) is 20.0 Å². The van der Waals surface area contributed by atoms with Gasteiger partial charge in [-0.2, -0.15) is 0 Å². The van der Waals surface area contributed by atoms with Gasteiger partial charge in [-0.1, -0.05) is 54.6 Å². The number of aromatic nitrogens is 1. The van der Waals surface area contributed by atoms with Gasteiger partial charge in [0.2, 0.25) is 11.6 Å². The van der Waals surface area contributed by atoms with Crippen molar-refractivity contribution in [2.45, 2.75) is 0 Å². The molecule has 0 unspecified atom stereocenters. The van der Waals surface area contributed by atoms with Crippen LogP contribution in [0.4, 0.5) is 0 Å². The normalized spacial score (nSPS) is 13.0. The van der Waals surface area contributed by atoms with Crippen LogP contribution in [-0.2, 0) is 0 Å². The lowest BCUT2D eigenvalue weighted by Gasteiger charge is -2.11. The zero-order valence-corrected chi connectivity index (χ0v) is 11.7. The first kappa shape index (κ1) is 12.2. The van der Waals surface area contributed by atoms with E-state index in [9.17, 15) is 9.59 Å². The summed E-state index contributed by atoms with van der Waals surface area (Å²) >= 11 is 1.28. The molecule has 0 amide bonds. The molecule has 1 heterocycles. The van der Waals surface area contributed by atoms with E-state index in [1.807, 2.05) is 42.5 Å². The van der Waals surface area contributed by atoms with Gasteiger partial charge in [0, 0.05) is 16.7 Å². The third-order valence-electron chi connectivity index (χ3n) is 3.49. The van der Waals surface area contributed by atoms with Crippen LogP contribution in [0.3, 0.4) is 0 Å². The Labute approximate surface area is 124 Å². The van der Waals surface area contributed by atoms with E-state index in [2.05, 4.69) is 4.98 Å². The molecule has 0 saturated carbocycles. The fraction of sp³-hybridized carbons (Fsp3) is 0. The topological polar surface area (TPSA) is 47.0 Å². The van der Waals surface area contributed by atoms with Gasteiger partial charge in [0.15, 0.2) is 0 Å². The molecule has 1 aromatic heterocycles. The second-order valence-electron chi connectivity index (χ2n) is 4.77. The van der Waals surface area contributed by atoms with Crippen LogP contribution in [0, 0.1) is 0 Å². The summed E-state index contributed by atoms with van der Waals surface area (Å²) in [5.74, 6) is -0.898. The number of Topliss-reactive ketones (excluding diaryl/α,β-unsaturated/α-hetero) is 2. The van der Waals surface area contributed by atoms with Crippen LogP contribution < -0.4 is 0 Å². The molecule has 3 aromatic rings. The predicted molar refractivity (Wildman–Crippen MR) is 81.6 cm³/mol. The maximum Gasteiger partial charge on any atom is 0.245 e. The van der Waals surface area contributed by atoms with Gasteiger partial charge in [-0.05, 0) is 0 Å². The van der Waals surface area contributed by atoms with Crippen molar-refractivity contribution in [3.63, 3.8) is 0 Å². The summed E-state index contributed by atoms with van der Waals surface area (Å²) < 4.78 is 0. The van der Waals surface area contributed by atoms with Crippen molar-refractivity contribution in [1.82, 2.24) is 4.98 Å². The maximum absolute atomic E-state index is 12.2. The Bertz CT molecular complexity index is 881. The Hall–Kier alpha value is -2.59. The first-order chi connectivity index (χ1) is 10.3. The van der Waals surface area contributed by atoms with Gasteiger partial charge < -0.3 is 0 Å². The Morgan fingerprint density at radius 1 is 0.762 bits per heavy atom. The number of ketones is 2. The summed E-state index contributed by atoms with van der Waals surface area (Å²) in [4.78, 5) is 29.4. The minimum atomic E-state index is -0.455. The standard InChI is InChI=1S/C17H9NO2S/c19-14-12-9-5-4-8-11(12)13-16(15(14)20)21-17(18-13)10-6-2-1-3-7-10/h1-9H. The van der Waals surface area contributed by atoms with Crippen LogP contribution >= 0.6 is 11.3 Å². The minimum absolute atomic E-state index is 0.442. The molecule has 0 spiro atoms. The van der Waals surface area contributed by atoms with Crippen molar-refractivity contribution < 1.29 is 9.59 Å². The summed E-state index contributed by atoms with van der Waals surface area (Å²) in [6.45, 7) is 0. The summed E-state index contributed by atoms with van der Waals surface area (Å²) in [6.07, 6.45) is 0. The molecular weight excluding hydrogens is 282 g/mol. The highest BCUT2D eigenvalue weighted by atomic mass is 32.1. The molecule has 0 atom stereocenters. The largest absolute Gasteiger partial charge is 0.285 e. The lowest BCUT2D eigenvalue weighted by atomic mass is 9.92. The van der Waals surface area contributed by atoms with E-state index >= 15 is 0 Å². The Morgan fingerprint density at radius 2 is 1.43 bits per heavy atom. The van der Waals surface area contributed by atoms with Crippen LogP contribution in [-0.4, -0.2) is 16.6 Å². The molecule has 0 bridgehead atoms. The van der Waals surface area contributed by atoms with Gasteiger partial charge in [-0.3, -0.25) is 9.59 Å².